The molecule has 0 aliphatic heterocycles. The van der Waals surface area contributed by atoms with Crippen LogP contribution in [0.3, 0.4) is 0 Å². The number of hydrogen-bond acceptors (Lipinski definition) is 5. The minimum Gasteiger partial charge on any atom is -0.305 e. The highest BCUT2D eigenvalue weighted by Crippen LogP contribution is 2.60. The van der Waals surface area contributed by atoms with Gasteiger partial charge in [-0.1, -0.05) is 26.2 Å². The summed E-state index contributed by atoms with van der Waals surface area (Å²) in [5.41, 5.74) is 0. The smallest absolute Gasteiger partial charge is 0.305 e. The van der Waals surface area contributed by atoms with Crippen LogP contribution in [-0.4, -0.2) is 17.2 Å². The number of nitrogens with zero attached hydrogens (tertiary/aromatic N) is 1. The molecule has 0 bridgehead atoms. The molecule has 0 aliphatic carbocycles. The molecule has 112 valence electrons. The second kappa shape index (κ2) is 9.83. The zero-order valence-corrected chi connectivity index (χ0v) is 14.3. The first-order chi connectivity index (χ1) is 8.85. The van der Waals surface area contributed by atoms with E-state index < -0.39 is 12.6 Å². The highest BCUT2D eigenvalue weighted by molar-refractivity contribution is 8.09. The number of hydrogen-bond donors (Lipinski definition) is 0. The molecule has 0 heterocycles. The van der Waals surface area contributed by atoms with E-state index in [1.165, 1.54) is 0 Å². The molecule has 0 aromatic rings. The lowest BCUT2D eigenvalue weighted by Gasteiger charge is -2.28. The van der Waals surface area contributed by atoms with E-state index in [0.717, 1.165) is 31.0 Å². The first-order valence-electron chi connectivity index (χ1n) is 6.87. The van der Waals surface area contributed by atoms with E-state index in [1.54, 1.807) is 0 Å². The number of rotatable bonds is 10. The van der Waals surface area contributed by atoms with E-state index in [9.17, 15) is 4.57 Å². The molecule has 0 rings (SSSR count). The van der Waals surface area contributed by atoms with Crippen LogP contribution >= 0.6 is 19.4 Å². The number of unbranched alkanes of at least 4 members (excludes halogenated alkanes) is 2. The second-order valence-electron chi connectivity index (χ2n) is 5.01. The molecule has 0 saturated carbocycles. The molecule has 0 N–H and O–H groups in total. The summed E-state index contributed by atoms with van der Waals surface area (Å²) in [6.07, 6.45) is 3.40. The van der Waals surface area contributed by atoms with Crippen LogP contribution in [-0.2, 0) is 13.6 Å². The van der Waals surface area contributed by atoms with Gasteiger partial charge in [-0.05, 0) is 45.9 Å². The van der Waals surface area contributed by atoms with Crippen molar-refractivity contribution in [1.82, 2.24) is 0 Å². The lowest BCUT2D eigenvalue weighted by molar-refractivity contribution is 0.140. The van der Waals surface area contributed by atoms with Crippen molar-refractivity contribution < 1.29 is 13.6 Å². The summed E-state index contributed by atoms with van der Waals surface area (Å²) in [6, 6.07) is 0. The Balaban J connectivity index is 4.91. The number of thiocyanates is 1. The fraction of sp³-hybridized carbons (Fsp3) is 0.923. The van der Waals surface area contributed by atoms with Crippen molar-refractivity contribution in [2.24, 2.45) is 0 Å². The molecular formula is C13H26NO3PS. The summed E-state index contributed by atoms with van der Waals surface area (Å²) in [7, 11) is -3.26. The molecule has 0 radical (unpaired) electrons. The Morgan fingerprint density at radius 1 is 1.16 bits per heavy atom. The molecule has 0 spiro atoms. The van der Waals surface area contributed by atoms with Gasteiger partial charge in [0.15, 0.2) is 0 Å². The van der Waals surface area contributed by atoms with Crippen LogP contribution in [0.25, 0.3) is 0 Å². The molecule has 0 fully saturated rings. The Hall–Kier alpha value is -0.0100. The van der Waals surface area contributed by atoms with Gasteiger partial charge in [-0.2, -0.15) is 5.26 Å². The van der Waals surface area contributed by atoms with Gasteiger partial charge in [-0.25, -0.2) is 0 Å². The number of nitriles is 1. The van der Waals surface area contributed by atoms with Crippen molar-refractivity contribution in [3.8, 4) is 5.40 Å². The van der Waals surface area contributed by atoms with Gasteiger partial charge in [0.25, 0.3) is 0 Å². The topological polar surface area (TPSA) is 59.3 Å². The second-order valence-corrected chi connectivity index (χ2v) is 8.47. The first kappa shape index (κ1) is 19.0. The lowest BCUT2D eigenvalue weighted by atomic mass is 10.2. The summed E-state index contributed by atoms with van der Waals surface area (Å²) >= 11 is 1.01. The summed E-state index contributed by atoms with van der Waals surface area (Å²) in [5.74, 6) is 0. The molecule has 0 aliphatic rings. The molecule has 0 aromatic carbocycles. The van der Waals surface area contributed by atoms with Crippen molar-refractivity contribution in [3.63, 3.8) is 0 Å². The standard InChI is InChI=1S/C13H26NO3PS/c1-6-7-8-9-13(19-10-14)18(15,16-11(2)3)17-12(4)5/h11-13H,6-9H2,1-5H3/t13-/m1/s1. The van der Waals surface area contributed by atoms with Crippen molar-refractivity contribution in [3.05, 3.63) is 0 Å². The molecule has 4 nitrogen and oxygen atoms in total. The molecule has 0 amide bonds. The number of thioether (sulfide) groups is 1. The zero-order valence-electron chi connectivity index (χ0n) is 12.6. The molecule has 0 saturated heterocycles. The van der Waals surface area contributed by atoms with Crippen molar-refractivity contribution in [2.45, 2.75) is 77.5 Å². The van der Waals surface area contributed by atoms with Crippen LogP contribution in [0.1, 0.15) is 60.3 Å². The maximum absolute atomic E-state index is 12.9. The highest BCUT2D eigenvalue weighted by Gasteiger charge is 2.38. The predicted molar refractivity (Wildman–Crippen MR) is 81.2 cm³/mol. The highest BCUT2D eigenvalue weighted by atomic mass is 32.2. The van der Waals surface area contributed by atoms with Crippen LogP contribution in [0.4, 0.5) is 0 Å². The SMILES string of the molecule is CCCCC[C@@H](SC#N)P(=O)(OC(C)C)OC(C)C. The average molecular weight is 307 g/mol. The molecule has 0 aromatic heterocycles. The van der Waals surface area contributed by atoms with E-state index in [4.69, 9.17) is 14.3 Å². The summed E-state index contributed by atoms with van der Waals surface area (Å²) < 4.78 is 24.0. The van der Waals surface area contributed by atoms with Crippen molar-refractivity contribution >= 4 is 19.4 Å². The average Bonchev–Trinajstić information content (AvgIpc) is 2.25. The Morgan fingerprint density at radius 3 is 2.05 bits per heavy atom. The third-order valence-electron chi connectivity index (χ3n) is 2.31. The van der Waals surface area contributed by atoms with Gasteiger partial charge >= 0.3 is 7.60 Å². The normalized spacial score (nSPS) is 13.8. The van der Waals surface area contributed by atoms with Crippen molar-refractivity contribution in [1.29, 1.82) is 5.26 Å². The zero-order chi connectivity index (χ0) is 14.9. The molecule has 0 unspecified atom stereocenters. The Labute approximate surface area is 121 Å². The predicted octanol–water partition coefficient (Wildman–Crippen LogP) is 5.15. The van der Waals surface area contributed by atoms with Gasteiger partial charge in [-0.3, -0.25) is 4.57 Å². The largest absolute Gasteiger partial charge is 0.345 e. The Bertz CT molecular complexity index is 314. The Morgan fingerprint density at radius 2 is 1.68 bits per heavy atom. The quantitative estimate of drug-likeness (QED) is 0.317. The van der Waals surface area contributed by atoms with Crippen LogP contribution in [0.15, 0.2) is 0 Å². The van der Waals surface area contributed by atoms with Crippen LogP contribution in [0.5, 0.6) is 0 Å². The fourth-order valence-corrected chi connectivity index (χ4v) is 5.02. The third-order valence-corrected chi connectivity index (χ3v) is 6.41. The van der Waals surface area contributed by atoms with Crippen molar-refractivity contribution in [2.75, 3.05) is 0 Å². The Kier molecular flexibility index (Phi) is 9.82. The third kappa shape index (κ3) is 7.99. The first-order valence-corrected chi connectivity index (χ1v) is 9.36. The van der Waals surface area contributed by atoms with Gasteiger partial charge in [-0.15, -0.1) is 0 Å². The van der Waals surface area contributed by atoms with Gasteiger partial charge in [0.05, 0.1) is 12.2 Å². The van der Waals surface area contributed by atoms with E-state index in [2.05, 4.69) is 6.92 Å². The van der Waals surface area contributed by atoms with Gasteiger partial charge in [0.1, 0.15) is 10.4 Å². The molecule has 6 heteroatoms. The summed E-state index contributed by atoms with van der Waals surface area (Å²) in [6.45, 7) is 9.43. The van der Waals surface area contributed by atoms with E-state index in [1.807, 2.05) is 33.1 Å². The van der Waals surface area contributed by atoms with Gasteiger partial charge in [0.2, 0.25) is 0 Å². The van der Waals surface area contributed by atoms with E-state index >= 15 is 0 Å². The van der Waals surface area contributed by atoms with Gasteiger partial charge < -0.3 is 9.05 Å². The summed E-state index contributed by atoms with van der Waals surface area (Å²) in [5, 5.41) is 10.9. The fourth-order valence-electron chi connectivity index (χ4n) is 1.66. The monoisotopic (exact) mass is 307 g/mol. The van der Waals surface area contributed by atoms with Gasteiger partial charge in [0, 0.05) is 0 Å². The summed E-state index contributed by atoms with van der Waals surface area (Å²) in [4.78, 5) is -0.395. The maximum Gasteiger partial charge on any atom is 0.345 e. The molecular weight excluding hydrogens is 281 g/mol. The lowest BCUT2D eigenvalue weighted by Crippen LogP contribution is -2.16. The van der Waals surface area contributed by atoms with Crippen LogP contribution < -0.4 is 0 Å². The van der Waals surface area contributed by atoms with E-state index in [0.29, 0.717) is 6.42 Å². The minimum absolute atomic E-state index is 0.183. The molecule has 1 atom stereocenters. The maximum atomic E-state index is 12.9. The van der Waals surface area contributed by atoms with Crippen LogP contribution in [0, 0.1) is 10.7 Å². The van der Waals surface area contributed by atoms with Crippen LogP contribution in [0.2, 0.25) is 0 Å². The van der Waals surface area contributed by atoms with E-state index in [-0.39, 0.29) is 12.2 Å². The molecule has 19 heavy (non-hydrogen) atoms. The minimum atomic E-state index is -3.26.